The van der Waals surface area contributed by atoms with Crippen LogP contribution in [-0.4, -0.2) is 10.2 Å². The number of benzene rings is 3. The van der Waals surface area contributed by atoms with Crippen molar-refractivity contribution in [2.24, 2.45) is 0 Å². The summed E-state index contributed by atoms with van der Waals surface area (Å²) in [5.41, 5.74) is 4.04. The fourth-order valence-electron chi connectivity index (χ4n) is 3.16. The molecule has 1 aromatic heterocycles. The van der Waals surface area contributed by atoms with Crippen LogP contribution in [0.3, 0.4) is 0 Å². The lowest BCUT2D eigenvalue weighted by Gasteiger charge is -2.17. The Morgan fingerprint density at radius 2 is 1.48 bits per heavy atom. The molecule has 146 valence electrons. The fourth-order valence-corrected chi connectivity index (χ4v) is 3.38. The Hall–Kier alpha value is -3.11. The number of rotatable bonds is 6. The summed E-state index contributed by atoms with van der Waals surface area (Å²) in [5.74, 6) is 1.38. The third-order valence-electron chi connectivity index (χ3n) is 4.81. The Morgan fingerprint density at radius 1 is 0.793 bits per heavy atom. The normalized spacial score (nSPS) is 12.1. The van der Waals surface area contributed by atoms with Crippen molar-refractivity contribution < 1.29 is 4.42 Å². The zero-order valence-electron chi connectivity index (χ0n) is 16.3. The van der Waals surface area contributed by atoms with Crippen molar-refractivity contribution in [2.45, 2.75) is 25.8 Å². The van der Waals surface area contributed by atoms with E-state index < -0.39 is 0 Å². The number of hydrogen-bond donors (Lipinski definition) is 1. The van der Waals surface area contributed by atoms with E-state index in [1.165, 1.54) is 5.56 Å². The summed E-state index contributed by atoms with van der Waals surface area (Å²) in [5, 5.41) is 12.7. The molecule has 0 bridgehead atoms. The van der Waals surface area contributed by atoms with Crippen molar-refractivity contribution in [1.82, 2.24) is 10.2 Å². The first-order chi connectivity index (χ1) is 14.1. The standard InChI is InChI=1S/C24H22ClN3O/c1-16(2)17-12-14-19(15-13-17)26-22(18-8-4-3-5-9-18)24-28-27-23(29-24)20-10-6-7-11-21(20)25/h3-16,22,26H,1-2H3/t22-/m0/s1. The van der Waals surface area contributed by atoms with Gasteiger partial charge in [0.15, 0.2) is 0 Å². The third kappa shape index (κ3) is 4.33. The lowest BCUT2D eigenvalue weighted by Crippen LogP contribution is -2.13. The molecule has 29 heavy (non-hydrogen) atoms. The van der Waals surface area contributed by atoms with Gasteiger partial charge in [0.2, 0.25) is 11.8 Å². The molecular formula is C24H22ClN3O. The molecule has 0 unspecified atom stereocenters. The van der Waals surface area contributed by atoms with E-state index in [1.54, 1.807) is 0 Å². The zero-order valence-corrected chi connectivity index (χ0v) is 17.1. The van der Waals surface area contributed by atoms with Crippen molar-refractivity contribution >= 4 is 17.3 Å². The van der Waals surface area contributed by atoms with Crippen LogP contribution in [-0.2, 0) is 0 Å². The molecule has 4 aromatic rings. The maximum atomic E-state index is 6.29. The van der Waals surface area contributed by atoms with Gasteiger partial charge in [-0.05, 0) is 41.3 Å². The number of hydrogen-bond acceptors (Lipinski definition) is 4. The minimum Gasteiger partial charge on any atom is -0.418 e. The monoisotopic (exact) mass is 403 g/mol. The SMILES string of the molecule is CC(C)c1ccc(N[C@@H](c2ccccc2)c2nnc(-c3ccccc3Cl)o2)cc1. The highest BCUT2D eigenvalue weighted by molar-refractivity contribution is 6.33. The molecule has 0 spiro atoms. The van der Waals surface area contributed by atoms with E-state index in [2.05, 4.69) is 53.6 Å². The zero-order chi connectivity index (χ0) is 20.2. The first-order valence-corrected chi connectivity index (χ1v) is 9.99. The van der Waals surface area contributed by atoms with E-state index in [9.17, 15) is 0 Å². The van der Waals surface area contributed by atoms with Gasteiger partial charge < -0.3 is 9.73 Å². The van der Waals surface area contributed by atoms with Crippen LogP contribution < -0.4 is 5.32 Å². The van der Waals surface area contributed by atoms with E-state index in [4.69, 9.17) is 16.0 Å². The van der Waals surface area contributed by atoms with E-state index in [0.29, 0.717) is 22.7 Å². The van der Waals surface area contributed by atoms with E-state index in [-0.39, 0.29) is 6.04 Å². The van der Waals surface area contributed by atoms with Gasteiger partial charge in [-0.15, -0.1) is 10.2 Å². The van der Waals surface area contributed by atoms with Crippen molar-refractivity contribution in [2.75, 3.05) is 5.32 Å². The summed E-state index contributed by atoms with van der Waals surface area (Å²) in [6.45, 7) is 4.37. The van der Waals surface area contributed by atoms with Crippen LogP contribution in [0.25, 0.3) is 11.5 Å². The molecule has 0 aliphatic carbocycles. The van der Waals surface area contributed by atoms with Gasteiger partial charge >= 0.3 is 0 Å². The second kappa shape index (κ2) is 8.50. The molecule has 1 N–H and O–H groups in total. The highest BCUT2D eigenvalue weighted by atomic mass is 35.5. The summed E-state index contributed by atoms with van der Waals surface area (Å²) in [6.07, 6.45) is 0. The summed E-state index contributed by atoms with van der Waals surface area (Å²) in [4.78, 5) is 0. The molecule has 0 radical (unpaired) electrons. The number of anilines is 1. The molecule has 1 atom stereocenters. The Labute approximate surface area is 175 Å². The average molecular weight is 404 g/mol. The molecular weight excluding hydrogens is 382 g/mol. The summed E-state index contributed by atoms with van der Waals surface area (Å²) >= 11 is 6.29. The second-order valence-electron chi connectivity index (χ2n) is 7.19. The molecule has 3 aromatic carbocycles. The molecule has 0 fully saturated rings. The Balaban J connectivity index is 1.68. The van der Waals surface area contributed by atoms with E-state index in [0.717, 1.165) is 16.8 Å². The second-order valence-corrected chi connectivity index (χ2v) is 7.60. The first-order valence-electron chi connectivity index (χ1n) is 9.61. The number of aromatic nitrogens is 2. The summed E-state index contributed by atoms with van der Waals surface area (Å²) < 4.78 is 6.03. The molecule has 4 nitrogen and oxygen atoms in total. The van der Waals surface area contributed by atoms with Crippen LogP contribution in [0.1, 0.15) is 42.8 Å². The highest BCUT2D eigenvalue weighted by Gasteiger charge is 2.22. The summed E-state index contributed by atoms with van der Waals surface area (Å²) in [6, 6.07) is 25.7. The Kier molecular flexibility index (Phi) is 5.63. The average Bonchev–Trinajstić information content (AvgIpc) is 3.23. The lowest BCUT2D eigenvalue weighted by atomic mass is 10.0. The van der Waals surface area contributed by atoms with Crippen LogP contribution in [0.2, 0.25) is 5.02 Å². The van der Waals surface area contributed by atoms with Gasteiger partial charge in [-0.2, -0.15) is 0 Å². The molecule has 5 heteroatoms. The molecule has 0 saturated carbocycles. The van der Waals surface area contributed by atoms with Crippen LogP contribution in [0.4, 0.5) is 5.69 Å². The number of nitrogens with zero attached hydrogens (tertiary/aromatic N) is 2. The molecule has 0 amide bonds. The Bertz CT molecular complexity index is 1070. The molecule has 4 rings (SSSR count). The first kappa shape index (κ1) is 19.2. The third-order valence-corrected chi connectivity index (χ3v) is 5.14. The van der Waals surface area contributed by atoms with Crippen molar-refractivity contribution in [3.63, 3.8) is 0 Å². The maximum absolute atomic E-state index is 6.29. The largest absolute Gasteiger partial charge is 0.418 e. The predicted octanol–water partition coefficient (Wildman–Crippen LogP) is 6.71. The smallest absolute Gasteiger partial charge is 0.249 e. The van der Waals surface area contributed by atoms with Crippen molar-refractivity contribution in [1.29, 1.82) is 0 Å². The van der Waals surface area contributed by atoms with Crippen LogP contribution in [0.5, 0.6) is 0 Å². The van der Waals surface area contributed by atoms with Crippen molar-refractivity contribution in [3.8, 4) is 11.5 Å². The maximum Gasteiger partial charge on any atom is 0.249 e. The number of nitrogens with one attached hydrogen (secondary N) is 1. The van der Waals surface area contributed by atoms with Gasteiger partial charge in [0.1, 0.15) is 6.04 Å². The molecule has 1 heterocycles. The topological polar surface area (TPSA) is 51.0 Å². The van der Waals surface area contributed by atoms with E-state index >= 15 is 0 Å². The summed E-state index contributed by atoms with van der Waals surface area (Å²) in [7, 11) is 0. The minimum absolute atomic E-state index is 0.273. The molecule has 0 aliphatic heterocycles. The van der Waals surface area contributed by atoms with Gasteiger partial charge in [0.25, 0.3) is 0 Å². The number of halogens is 1. The van der Waals surface area contributed by atoms with Gasteiger partial charge in [0.05, 0.1) is 10.6 Å². The Morgan fingerprint density at radius 3 is 2.17 bits per heavy atom. The molecule has 0 saturated heterocycles. The van der Waals surface area contributed by atoms with E-state index in [1.807, 2.05) is 54.6 Å². The van der Waals surface area contributed by atoms with Gasteiger partial charge in [-0.25, -0.2) is 0 Å². The van der Waals surface area contributed by atoms with Crippen LogP contribution in [0.15, 0.2) is 83.3 Å². The van der Waals surface area contributed by atoms with Gasteiger partial charge in [-0.3, -0.25) is 0 Å². The highest BCUT2D eigenvalue weighted by Crippen LogP contribution is 2.31. The van der Waals surface area contributed by atoms with Gasteiger partial charge in [0, 0.05) is 5.69 Å². The fraction of sp³-hybridized carbons (Fsp3) is 0.167. The minimum atomic E-state index is -0.273. The molecule has 0 aliphatic rings. The van der Waals surface area contributed by atoms with Crippen molar-refractivity contribution in [3.05, 3.63) is 101 Å². The van der Waals surface area contributed by atoms with Gasteiger partial charge in [-0.1, -0.05) is 80.0 Å². The quantitative estimate of drug-likeness (QED) is 0.388. The van der Waals surface area contributed by atoms with Crippen LogP contribution >= 0.6 is 11.6 Å². The van der Waals surface area contributed by atoms with Crippen LogP contribution in [0, 0.1) is 0 Å². The predicted molar refractivity (Wildman–Crippen MR) is 117 cm³/mol. The lowest BCUT2D eigenvalue weighted by molar-refractivity contribution is 0.494.